The smallest absolute Gasteiger partial charge is 0.325 e. The number of anilines is 1. The molecule has 2 aliphatic rings. The molecule has 2 aromatic carbocycles. The standard InChI is InChI=1S/C22H19F2N3O4/c1-22(15-10-14(23)6-7-16(15)24)20(30)27(21(31)26-22)11-18(28)13-5-8-17-12(9-13)3-2-4-19(29)25-17/h5-10H,2-4,11H2,1H3,(H,25,29)(H,26,31)/t22-/m1/s1. The monoisotopic (exact) mass is 427 g/mol. The minimum atomic E-state index is -1.83. The van der Waals surface area contributed by atoms with Gasteiger partial charge in [0.1, 0.15) is 17.2 Å². The summed E-state index contributed by atoms with van der Waals surface area (Å²) in [5, 5.41) is 5.13. The Balaban J connectivity index is 1.57. The van der Waals surface area contributed by atoms with Crippen LogP contribution in [0.1, 0.15) is 41.3 Å². The highest BCUT2D eigenvalue weighted by Crippen LogP contribution is 2.31. The number of hydrogen-bond acceptors (Lipinski definition) is 4. The van der Waals surface area contributed by atoms with Gasteiger partial charge in [-0.1, -0.05) is 0 Å². The highest BCUT2D eigenvalue weighted by atomic mass is 19.1. The number of ketones is 1. The molecule has 1 atom stereocenters. The van der Waals surface area contributed by atoms with Crippen molar-refractivity contribution in [1.82, 2.24) is 10.2 Å². The molecular formula is C22H19F2N3O4. The molecule has 160 valence electrons. The predicted molar refractivity (Wildman–Crippen MR) is 106 cm³/mol. The number of carbonyl (C=O) groups excluding carboxylic acids is 4. The zero-order chi connectivity index (χ0) is 22.3. The molecule has 1 saturated heterocycles. The zero-order valence-electron chi connectivity index (χ0n) is 16.6. The molecule has 0 saturated carbocycles. The van der Waals surface area contributed by atoms with Gasteiger partial charge in [-0.25, -0.2) is 13.6 Å². The lowest BCUT2D eigenvalue weighted by molar-refractivity contribution is -0.130. The third kappa shape index (κ3) is 3.67. The molecule has 2 aromatic rings. The second-order valence-corrected chi connectivity index (χ2v) is 7.77. The van der Waals surface area contributed by atoms with E-state index in [4.69, 9.17) is 0 Å². The number of urea groups is 1. The Labute approximate surface area is 176 Å². The summed E-state index contributed by atoms with van der Waals surface area (Å²) >= 11 is 0. The number of carbonyl (C=O) groups is 4. The van der Waals surface area contributed by atoms with Crippen LogP contribution in [0.2, 0.25) is 0 Å². The van der Waals surface area contributed by atoms with Gasteiger partial charge in [0.25, 0.3) is 5.91 Å². The molecule has 7 nitrogen and oxygen atoms in total. The van der Waals surface area contributed by atoms with Crippen molar-refractivity contribution in [2.24, 2.45) is 0 Å². The Kier molecular flexibility index (Phi) is 5.04. The van der Waals surface area contributed by atoms with Gasteiger partial charge >= 0.3 is 6.03 Å². The van der Waals surface area contributed by atoms with E-state index in [2.05, 4.69) is 10.6 Å². The van der Waals surface area contributed by atoms with Gasteiger partial charge in [-0.2, -0.15) is 0 Å². The summed E-state index contributed by atoms with van der Waals surface area (Å²) in [5.74, 6) is -3.05. The summed E-state index contributed by atoms with van der Waals surface area (Å²) < 4.78 is 27.9. The van der Waals surface area contributed by atoms with E-state index in [1.54, 1.807) is 12.1 Å². The Morgan fingerprint density at radius 1 is 1.10 bits per heavy atom. The van der Waals surface area contributed by atoms with Crippen molar-refractivity contribution < 1.29 is 28.0 Å². The van der Waals surface area contributed by atoms with Crippen LogP contribution in [0.15, 0.2) is 36.4 Å². The fourth-order valence-electron chi connectivity index (χ4n) is 3.89. The van der Waals surface area contributed by atoms with Gasteiger partial charge in [0.05, 0.1) is 6.54 Å². The number of hydrogen-bond donors (Lipinski definition) is 2. The first-order valence-electron chi connectivity index (χ1n) is 9.74. The SMILES string of the molecule is C[C@]1(c2cc(F)ccc2F)NC(=O)N(CC(=O)c2ccc3c(c2)CCCC(=O)N3)C1=O. The van der Waals surface area contributed by atoms with Crippen LogP contribution >= 0.6 is 0 Å². The van der Waals surface area contributed by atoms with Gasteiger partial charge < -0.3 is 10.6 Å². The highest BCUT2D eigenvalue weighted by molar-refractivity contribution is 6.11. The number of halogens is 2. The molecular weight excluding hydrogens is 408 g/mol. The average Bonchev–Trinajstić information content (AvgIpc) is 2.85. The van der Waals surface area contributed by atoms with E-state index in [0.29, 0.717) is 29.8 Å². The first-order valence-corrected chi connectivity index (χ1v) is 9.74. The maximum absolute atomic E-state index is 14.3. The number of rotatable bonds is 4. The topological polar surface area (TPSA) is 95.6 Å². The van der Waals surface area contributed by atoms with Crippen molar-refractivity contribution >= 4 is 29.3 Å². The van der Waals surface area contributed by atoms with Gasteiger partial charge in [-0.3, -0.25) is 19.3 Å². The minimum Gasteiger partial charge on any atom is -0.326 e. The lowest BCUT2D eigenvalue weighted by atomic mass is 9.91. The molecule has 31 heavy (non-hydrogen) atoms. The molecule has 0 radical (unpaired) electrons. The summed E-state index contributed by atoms with van der Waals surface area (Å²) in [4.78, 5) is 50.5. The van der Waals surface area contributed by atoms with E-state index >= 15 is 0 Å². The Hall–Kier alpha value is -3.62. The number of fused-ring (bicyclic) bond motifs is 1. The number of nitrogens with one attached hydrogen (secondary N) is 2. The Bertz CT molecular complexity index is 1130. The summed E-state index contributed by atoms with van der Waals surface area (Å²) in [7, 11) is 0. The maximum Gasteiger partial charge on any atom is 0.325 e. The molecule has 0 unspecified atom stereocenters. The van der Waals surface area contributed by atoms with Gasteiger partial charge in [0, 0.05) is 23.2 Å². The summed E-state index contributed by atoms with van der Waals surface area (Å²) in [6, 6.07) is 6.52. The molecule has 1 fully saturated rings. The van der Waals surface area contributed by atoms with Crippen LogP contribution in [0.5, 0.6) is 0 Å². The fraction of sp³-hybridized carbons (Fsp3) is 0.273. The van der Waals surface area contributed by atoms with Gasteiger partial charge in [0.15, 0.2) is 5.78 Å². The maximum atomic E-state index is 14.3. The molecule has 2 N–H and O–H groups in total. The van der Waals surface area contributed by atoms with Crippen LogP contribution in [0.25, 0.3) is 0 Å². The number of amides is 4. The minimum absolute atomic E-state index is 0.0963. The fourth-order valence-corrected chi connectivity index (χ4v) is 3.89. The third-order valence-electron chi connectivity index (χ3n) is 5.60. The van der Waals surface area contributed by atoms with Crippen LogP contribution in [0.3, 0.4) is 0 Å². The van der Waals surface area contributed by atoms with Gasteiger partial charge in [0.2, 0.25) is 5.91 Å². The molecule has 9 heteroatoms. The number of aryl methyl sites for hydroxylation is 1. The van der Waals surface area contributed by atoms with Gasteiger partial charge in [-0.05, 0) is 61.7 Å². The Morgan fingerprint density at radius 2 is 1.87 bits per heavy atom. The van der Waals surface area contributed by atoms with Crippen molar-refractivity contribution in [1.29, 1.82) is 0 Å². The normalized spacial score (nSPS) is 20.7. The van der Waals surface area contributed by atoms with E-state index in [-0.39, 0.29) is 17.0 Å². The molecule has 4 rings (SSSR count). The lowest BCUT2D eigenvalue weighted by Crippen LogP contribution is -2.42. The van der Waals surface area contributed by atoms with Crippen molar-refractivity contribution in [3.63, 3.8) is 0 Å². The predicted octanol–water partition coefficient (Wildman–Crippen LogP) is 2.89. The second-order valence-electron chi connectivity index (χ2n) is 7.77. The molecule has 0 bridgehead atoms. The van der Waals surface area contributed by atoms with Crippen LogP contribution in [-0.4, -0.2) is 35.1 Å². The van der Waals surface area contributed by atoms with Crippen LogP contribution in [-0.2, 0) is 21.5 Å². The van der Waals surface area contributed by atoms with Crippen molar-refractivity contribution in [2.75, 3.05) is 11.9 Å². The first kappa shape index (κ1) is 20.6. The van der Waals surface area contributed by atoms with Crippen LogP contribution in [0, 0.1) is 11.6 Å². The van der Waals surface area contributed by atoms with E-state index in [9.17, 15) is 28.0 Å². The Morgan fingerprint density at radius 3 is 2.65 bits per heavy atom. The van der Waals surface area contributed by atoms with Crippen molar-refractivity contribution in [3.05, 3.63) is 64.7 Å². The molecule has 0 spiro atoms. The first-order chi connectivity index (χ1) is 14.7. The molecule has 2 heterocycles. The number of Topliss-reactive ketones (excluding diaryl/α,β-unsaturated/α-hetero) is 1. The molecule has 4 amide bonds. The van der Waals surface area contributed by atoms with E-state index in [1.807, 2.05) is 0 Å². The molecule has 2 aliphatic heterocycles. The quantitative estimate of drug-likeness (QED) is 0.579. The van der Waals surface area contributed by atoms with E-state index in [0.717, 1.165) is 23.8 Å². The zero-order valence-corrected chi connectivity index (χ0v) is 16.6. The number of nitrogens with zero attached hydrogens (tertiary/aromatic N) is 1. The van der Waals surface area contributed by atoms with Crippen molar-refractivity contribution in [3.8, 4) is 0 Å². The number of imide groups is 1. The average molecular weight is 427 g/mol. The highest BCUT2D eigenvalue weighted by Gasteiger charge is 2.50. The lowest BCUT2D eigenvalue weighted by Gasteiger charge is -2.22. The number of benzene rings is 2. The molecule has 0 aromatic heterocycles. The summed E-state index contributed by atoms with van der Waals surface area (Å²) in [6.07, 6.45) is 1.63. The molecule has 0 aliphatic carbocycles. The summed E-state index contributed by atoms with van der Waals surface area (Å²) in [5.41, 5.74) is -0.451. The largest absolute Gasteiger partial charge is 0.326 e. The second kappa shape index (κ2) is 7.57. The van der Waals surface area contributed by atoms with E-state index in [1.165, 1.54) is 13.0 Å². The van der Waals surface area contributed by atoms with Crippen LogP contribution < -0.4 is 10.6 Å². The summed E-state index contributed by atoms with van der Waals surface area (Å²) in [6.45, 7) is 0.711. The third-order valence-corrected chi connectivity index (χ3v) is 5.60. The van der Waals surface area contributed by atoms with E-state index < -0.39 is 41.4 Å². The van der Waals surface area contributed by atoms with Crippen molar-refractivity contribution in [2.45, 2.75) is 31.7 Å². The van der Waals surface area contributed by atoms with Gasteiger partial charge in [-0.15, -0.1) is 0 Å². The van der Waals surface area contributed by atoms with Crippen LogP contribution in [0.4, 0.5) is 19.3 Å².